The van der Waals surface area contributed by atoms with Gasteiger partial charge in [0.25, 0.3) is 0 Å². The second kappa shape index (κ2) is 2.87. The molecule has 3 N–H and O–H groups in total. The van der Waals surface area contributed by atoms with Crippen LogP contribution in [-0.4, -0.2) is 40.9 Å². The highest BCUT2D eigenvalue weighted by Gasteiger charge is 2.59. The van der Waals surface area contributed by atoms with E-state index in [1.54, 1.807) is 0 Å². The first-order valence-electron chi connectivity index (χ1n) is 4.46. The molecule has 1 spiro atoms. The van der Waals surface area contributed by atoms with E-state index in [-0.39, 0.29) is 6.54 Å². The van der Waals surface area contributed by atoms with Gasteiger partial charge in [-0.25, -0.2) is 8.78 Å². The van der Waals surface area contributed by atoms with Crippen LogP contribution in [0.25, 0.3) is 0 Å². The summed E-state index contributed by atoms with van der Waals surface area (Å²) in [5.74, 6) is -1.11. The summed E-state index contributed by atoms with van der Waals surface area (Å²) in [6.45, 7) is 0.213. The normalized spacial score (nSPS) is 42.7. The molecule has 3 nitrogen and oxygen atoms in total. The Bertz CT molecular complexity index is 208. The summed E-state index contributed by atoms with van der Waals surface area (Å²) in [6, 6.07) is 0. The number of β-amino-alcohol motifs (C(OH)–C–C–N with tert-alkyl or cyclic N) is 1. The molecule has 0 radical (unpaired) electrons. The van der Waals surface area contributed by atoms with E-state index in [9.17, 15) is 19.0 Å². The Kier molecular flexibility index (Phi) is 2.05. The minimum absolute atomic E-state index is 0.213. The van der Waals surface area contributed by atoms with Gasteiger partial charge in [-0.1, -0.05) is 0 Å². The molecule has 0 aromatic carbocycles. The van der Waals surface area contributed by atoms with E-state index in [2.05, 4.69) is 5.32 Å². The van der Waals surface area contributed by atoms with Crippen molar-refractivity contribution in [3.05, 3.63) is 0 Å². The number of aliphatic hydroxyl groups is 2. The Labute approximate surface area is 74.8 Å². The summed E-state index contributed by atoms with van der Waals surface area (Å²) in [4.78, 5) is 0. The lowest BCUT2D eigenvalue weighted by atomic mass is 9.84. The molecule has 1 saturated carbocycles. The number of rotatable bonds is 1. The van der Waals surface area contributed by atoms with Crippen LogP contribution in [0, 0.1) is 5.92 Å². The molecule has 5 heteroatoms. The maximum Gasteiger partial charge on any atom is 0.245 e. The summed E-state index contributed by atoms with van der Waals surface area (Å²) in [5, 5.41) is 21.5. The van der Waals surface area contributed by atoms with Gasteiger partial charge in [-0.05, 0) is 12.8 Å². The summed E-state index contributed by atoms with van der Waals surface area (Å²) in [6.07, 6.45) is -3.58. The highest BCUT2D eigenvalue weighted by molar-refractivity contribution is 5.13. The predicted octanol–water partition coefficient (Wildman–Crippen LogP) is -0.275. The van der Waals surface area contributed by atoms with E-state index in [1.165, 1.54) is 0 Å². The summed E-state index contributed by atoms with van der Waals surface area (Å²) < 4.78 is 25.1. The molecule has 76 valence electrons. The third-order valence-corrected chi connectivity index (χ3v) is 3.12. The molecular formula is C8H13F2NO2. The molecule has 0 aromatic heterocycles. The SMILES string of the molecule is O[C@@H]1CNC2(CC2)C(C(F)F)[C@H]1O. The van der Waals surface area contributed by atoms with Gasteiger partial charge in [0.2, 0.25) is 6.43 Å². The van der Waals surface area contributed by atoms with Crippen LogP contribution in [0.5, 0.6) is 0 Å². The monoisotopic (exact) mass is 193 g/mol. The minimum atomic E-state index is -2.57. The van der Waals surface area contributed by atoms with E-state index in [0.29, 0.717) is 12.8 Å². The van der Waals surface area contributed by atoms with Crippen molar-refractivity contribution in [1.29, 1.82) is 0 Å². The van der Waals surface area contributed by atoms with Gasteiger partial charge < -0.3 is 15.5 Å². The first-order chi connectivity index (χ1) is 6.07. The van der Waals surface area contributed by atoms with Crippen LogP contribution in [0.3, 0.4) is 0 Å². The number of nitrogens with one attached hydrogen (secondary N) is 1. The Hall–Kier alpha value is -0.260. The second-order valence-electron chi connectivity index (χ2n) is 3.96. The molecule has 2 aliphatic rings. The fourth-order valence-electron chi connectivity index (χ4n) is 2.15. The fourth-order valence-corrected chi connectivity index (χ4v) is 2.15. The van der Waals surface area contributed by atoms with Crippen molar-refractivity contribution in [2.75, 3.05) is 6.54 Å². The minimum Gasteiger partial charge on any atom is -0.390 e. The number of hydrogen-bond donors (Lipinski definition) is 3. The lowest BCUT2D eigenvalue weighted by Gasteiger charge is -2.39. The number of piperidine rings is 1. The van der Waals surface area contributed by atoms with Crippen LogP contribution in [0.2, 0.25) is 0 Å². The molecule has 1 aliphatic carbocycles. The van der Waals surface area contributed by atoms with Gasteiger partial charge in [0.1, 0.15) is 0 Å². The maximum absolute atomic E-state index is 12.6. The number of hydrogen-bond acceptors (Lipinski definition) is 3. The van der Waals surface area contributed by atoms with E-state index < -0.39 is 30.1 Å². The maximum atomic E-state index is 12.6. The summed E-state index contributed by atoms with van der Waals surface area (Å²) >= 11 is 0. The molecule has 1 aliphatic heterocycles. The average Bonchev–Trinajstić information content (AvgIpc) is 2.79. The number of aliphatic hydroxyl groups excluding tert-OH is 2. The highest BCUT2D eigenvalue weighted by atomic mass is 19.3. The lowest BCUT2D eigenvalue weighted by Crippen LogP contribution is -2.60. The topological polar surface area (TPSA) is 52.5 Å². The zero-order valence-corrected chi connectivity index (χ0v) is 7.08. The first kappa shape index (κ1) is 9.30. The van der Waals surface area contributed by atoms with Gasteiger partial charge in [0.15, 0.2) is 0 Å². The molecule has 0 amide bonds. The standard InChI is InChI=1S/C8H13F2NO2/c9-7(10)5-6(13)4(12)3-11-8(5)1-2-8/h4-7,11-13H,1-3H2/t4-,5?,6+/m1/s1. The largest absolute Gasteiger partial charge is 0.390 e. The summed E-state index contributed by atoms with van der Waals surface area (Å²) in [7, 11) is 0. The fraction of sp³-hybridized carbons (Fsp3) is 1.00. The molecule has 0 bridgehead atoms. The molecule has 13 heavy (non-hydrogen) atoms. The van der Waals surface area contributed by atoms with Crippen LogP contribution in [0.4, 0.5) is 8.78 Å². The van der Waals surface area contributed by atoms with Crippen LogP contribution in [0.1, 0.15) is 12.8 Å². The van der Waals surface area contributed by atoms with Gasteiger partial charge in [0.05, 0.1) is 18.1 Å². The van der Waals surface area contributed by atoms with Gasteiger partial charge in [0, 0.05) is 12.1 Å². The molecular weight excluding hydrogens is 180 g/mol. The van der Waals surface area contributed by atoms with E-state index in [1.807, 2.05) is 0 Å². The van der Waals surface area contributed by atoms with Gasteiger partial charge >= 0.3 is 0 Å². The van der Waals surface area contributed by atoms with Crippen molar-refractivity contribution < 1.29 is 19.0 Å². The zero-order chi connectivity index (χ0) is 9.64. The van der Waals surface area contributed by atoms with Crippen LogP contribution in [-0.2, 0) is 0 Å². The second-order valence-corrected chi connectivity index (χ2v) is 3.96. The predicted molar refractivity (Wildman–Crippen MR) is 41.5 cm³/mol. The zero-order valence-electron chi connectivity index (χ0n) is 7.08. The van der Waals surface area contributed by atoms with Gasteiger partial charge in [-0.15, -0.1) is 0 Å². The van der Waals surface area contributed by atoms with Crippen molar-refractivity contribution in [2.24, 2.45) is 5.92 Å². The van der Waals surface area contributed by atoms with Crippen LogP contribution < -0.4 is 5.32 Å². The Morgan fingerprint density at radius 1 is 1.31 bits per heavy atom. The first-order valence-corrected chi connectivity index (χ1v) is 4.46. The average molecular weight is 193 g/mol. The van der Waals surface area contributed by atoms with E-state index in [0.717, 1.165) is 0 Å². The third-order valence-electron chi connectivity index (χ3n) is 3.12. The lowest BCUT2D eigenvalue weighted by molar-refractivity contribution is -0.108. The van der Waals surface area contributed by atoms with Crippen molar-refractivity contribution in [2.45, 2.75) is 37.0 Å². The van der Waals surface area contributed by atoms with E-state index >= 15 is 0 Å². The molecule has 1 unspecified atom stereocenters. The van der Waals surface area contributed by atoms with Crippen LogP contribution in [0.15, 0.2) is 0 Å². The Morgan fingerprint density at radius 3 is 2.38 bits per heavy atom. The molecule has 2 fully saturated rings. The molecule has 3 atom stereocenters. The summed E-state index contributed by atoms with van der Waals surface area (Å²) in [5.41, 5.74) is -0.590. The van der Waals surface area contributed by atoms with E-state index in [4.69, 9.17) is 0 Å². The Balaban J connectivity index is 2.16. The van der Waals surface area contributed by atoms with Crippen molar-refractivity contribution in [3.63, 3.8) is 0 Å². The smallest absolute Gasteiger partial charge is 0.245 e. The van der Waals surface area contributed by atoms with Crippen molar-refractivity contribution in [1.82, 2.24) is 5.32 Å². The van der Waals surface area contributed by atoms with Gasteiger partial charge in [-0.2, -0.15) is 0 Å². The molecule has 0 aromatic rings. The Morgan fingerprint density at radius 2 is 1.92 bits per heavy atom. The molecule has 1 saturated heterocycles. The van der Waals surface area contributed by atoms with Crippen molar-refractivity contribution >= 4 is 0 Å². The third kappa shape index (κ3) is 1.35. The van der Waals surface area contributed by atoms with Crippen LogP contribution >= 0.6 is 0 Å². The number of halogens is 2. The van der Waals surface area contributed by atoms with Gasteiger partial charge in [-0.3, -0.25) is 0 Å². The number of alkyl halides is 2. The highest BCUT2D eigenvalue weighted by Crippen LogP contribution is 2.48. The quantitative estimate of drug-likeness (QED) is 0.537. The molecule has 2 rings (SSSR count). The molecule has 1 heterocycles. The van der Waals surface area contributed by atoms with Crippen molar-refractivity contribution in [3.8, 4) is 0 Å².